The number of para-hydroxylation sites is 1. The minimum Gasteiger partial charge on any atom is -0.391 e. The molecule has 0 saturated heterocycles. The standard InChI is InChI=1S/C14H17NO/c16-14-8-4-3-7-13(14)15-10-9-11-5-1-2-6-12(11)15/h1-2,5-6,9-10,13-14,16H,3-4,7-8H2/t13-,14-/m1/s1. The summed E-state index contributed by atoms with van der Waals surface area (Å²) in [7, 11) is 0. The van der Waals surface area contributed by atoms with Crippen molar-refractivity contribution in [1.29, 1.82) is 0 Å². The van der Waals surface area contributed by atoms with E-state index in [1.807, 2.05) is 0 Å². The van der Waals surface area contributed by atoms with Gasteiger partial charge in [-0.2, -0.15) is 0 Å². The van der Waals surface area contributed by atoms with E-state index < -0.39 is 0 Å². The van der Waals surface area contributed by atoms with Gasteiger partial charge in [0.15, 0.2) is 0 Å². The fourth-order valence-electron chi connectivity index (χ4n) is 2.81. The third-order valence-electron chi connectivity index (χ3n) is 3.68. The topological polar surface area (TPSA) is 25.2 Å². The Hall–Kier alpha value is -1.28. The van der Waals surface area contributed by atoms with Gasteiger partial charge in [0.25, 0.3) is 0 Å². The highest BCUT2D eigenvalue weighted by Crippen LogP contribution is 2.31. The van der Waals surface area contributed by atoms with E-state index in [9.17, 15) is 5.11 Å². The van der Waals surface area contributed by atoms with Crippen LogP contribution in [-0.4, -0.2) is 15.8 Å². The van der Waals surface area contributed by atoms with Crippen molar-refractivity contribution in [3.05, 3.63) is 36.5 Å². The highest BCUT2D eigenvalue weighted by atomic mass is 16.3. The van der Waals surface area contributed by atoms with Crippen LogP contribution < -0.4 is 0 Å². The van der Waals surface area contributed by atoms with Gasteiger partial charge in [0, 0.05) is 11.7 Å². The zero-order chi connectivity index (χ0) is 11.0. The van der Waals surface area contributed by atoms with Crippen molar-refractivity contribution in [3.63, 3.8) is 0 Å². The van der Waals surface area contributed by atoms with Gasteiger partial charge in [-0.1, -0.05) is 31.0 Å². The Morgan fingerprint density at radius 3 is 2.75 bits per heavy atom. The number of hydrogen-bond acceptors (Lipinski definition) is 1. The van der Waals surface area contributed by atoms with E-state index in [1.54, 1.807) is 0 Å². The molecule has 1 N–H and O–H groups in total. The van der Waals surface area contributed by atoms with Crippen molar-refractivity contribution in [3.8, 4) is 0 Å². The molecule has 2 nitrogen and oxygen atoms in total. The molecule has 0 radical (unpaired) electrons. The van der Waals surface area contributed by atoms with Crippen molar-refractivity contribution < 1.29 is 5.11 Å². The molecule has 0 spiro atoms. The number of nitrogens with zero attached hydrogens (tertiary/aromatic N) is 1. The van der Waals surface area contributed by atoms with Gasteiger partial charge in [0.1, 0.15) is 0 Å². The van der Waals surface area contributed by atoms with Crippen LogP contribution in [0.15, 0.2) is 36.5 Å². The molecule has 84 valence electrons. The summed E-state index contributed by atoms with van der Waals surface area (Å²) < 4.78 is 2.25. The van der Waals surface area contributed by atoms with Gasteiger partial charge in [-0.15, -0.1) is 0 Å². The quantitative estimate of drug-likeness (QED) is 0.776. The summed E-state index contributed by atoms with van der Waals surface area (Å²) in [6, 6.07) is 10.8. The molecule has 1 heterocycles. The fraction of sp³-hybridized carbons (Fsp3) is 0.429. The lowest BCUT2D eigenvalue weighted by Gasteiger charge is -2.29. The summed E-state index contributed by atoms with van der Waals surface area (Å²) in [5.74, 6) is 0. The van der Waals surface area contributed by atoms with Gasteiger partial charge in [-0.3, -0.25) is 0 Å². The van der Waals surface area contributed by atoms with Crippen LogP contribution in [0.5, 0.6) is 0 Å². The molecular weight excluding hydrogens is 198 g/mol. The summed E-state index contributed by atoms with van der Waals surface area (Å²) in [6.45, 7) is 0. The van der Waals surface area contributed by atoms with Gasteiger partial charge in [-0.25, -0.2) is 0 Å². The smallest absolute Gasteiger partial charge is 0.0747 e. The van der Waals surface area contributed by atoms with Gasteiger partial charge < -0.3 is 9.67 Å². The predicted octanol–water partition coefficient (Wildman–Crippen LogP) is 3.12. The highest BCUT2D eigenvalue weighted by Gasteiger charge is 2.24. The van der Waals surface area contributed by atoms with E-state index in [-0.39, 0.29) is 12.1 Å². The Bertz CT molecular complexity index is 488. The van der Waals surface area contributed by atoms with Crippen LogP contribution in [0.4, 0.5) is 0 Å². The first-order chi connectivity index (χ1) is 7.86. The third kappa shape index (κ3) is 1.54. The molecule has 1 saturated carbocycles. The van der Waals surface area contributed by atoms with Crippen LogP contribution in [0.25, 0.3) is 10.9 Å². The zero-order valence-corrected chi connectivity index (χ0v) is 9.34. The predicted molar refractivity (Wildman–Crippen MR) is 65.4 cm³/mol. The Morgan fingerprint density at radius 2 is 1.88 bits per heavy atom. The van der Waals surface area contributed by atoms with Crippen LogP contribution in [-0.2, 0) is 0 Å². The molecule has 1 aromatic heterocycles. The van der Waals surface area contributed by atoms with E-state index in [2.05, 4.69) is 41.1 Å². The average Bonchev–Trinajstić information content (AvgIpc) is 2.74. The Morgan fingerprint density at radius 1 is 1.06 bits per heavy atom. The maximum atomic E-state index is 10.1. The fourth-order valence-corrected chi connectivity index (χ4v) is 2.81. The van der Waals surface area contributed by atoms with Crippen molar-refractivity contribution in [2.24, 2.45) is 0 Å². The van der Waals surface area contributed by atoms with Gasteiger partial charge in [0.2, 0.25) is 0 Å². The first-order valence-corrected chi connectivity index (χ1v) is 6.10. The molecule has 16 heavy (non-hydrogen) atoms. The van der Waals surface area contributed by atoms with E-state index in [4.69, 9.17) is 0 Å². The number of aliphatic hydroxyl groups excluding tert-OH is 1. The van der Waals surface area contributed by atoms with Gasteiger partial charge in [0.05, 0.1) is 12.1 Å². The number of aliphatic hydroxyl groups is 1. The molecule has 0 amide bonds. The molecule has 2 atom stereocenters. The molecule has 0 aliphatic heterocycles. The normalized spacial score (nSPS) is 26.1. The van der Waals surface area contributed by atoms with Crippen molar-refractivity contribution in [1.82, 2.24) is 4.57 Å². The van der Waals surface area contributed by atoms with Gasteiger partial charge in [-0.05, 0) is 30.4 Å². The largest absolute Gasteiger partial charge is 0.391 e. The SMILES string of the molecule is O[C@@H]1CCCC[C@H]1n1ccc2ccccc21. The minimum atomic E-state index is -0.176. The Balaban J connectivity index is 2.04. The molecule has 1 aromatic carbocycles. The summed E-state index contributed by atoms with van der Waals surface area (Å²) in [4.78, 5) is 0. The molecule has 0 bridgehead atoms. The van der Waals surface area contributed by atoms with Crippen LogP contribution in [0.1, 0.15) is 31.7 Å². The van der Waals surface area contributed by atoms with Crippen LogP contribution >= 0.6 is 0 Å². The number of fused-ring (bicyclic) bond motifs is 1. The number of hydrogen-bond donors (Lipinski definition) is 1. The number of rotatable bonds is 1. The number of aromatic nitrogens is 1. The molecule has 2 heteroatoms. The molecule has 1 aliphatic rings. The van der Waals surface area contributed by atoms with E-state index in [0.717, 1.165) is 19.3 Å². The lowest BCUT2D eigenvalue weighted by atomic mass is 9.92. The van der Waals surface area contributed by atoms with Crippen molar-refractivity contribution >= 4 is 10.9 Å². The van der Waals surface area contributed by atoms with Gasteiger partial charge >= 0.3 is 0 Å². The molecule has 1 fully saturated rings. The molecule has 2 aromatic rings. The monoisotopic (exact) mass is 215 g/mol. The maximum absolute atomic E-state index is 10.1. The van der Waals surface area contributed by atoms with Crippen LogP contribution in [0.3, 0.4) is 0 Å². The van der Waals surface area contributed by atoms with E-state index in [0.29, 0.717) is 0 Å². The highest BCUT2D eigenvalue weighted by molar-refractivity contribution is 5.80. The maximum Gasteiger partial charge on any atom is 0.0747 e. The second kappa shape index (κ2) is 3.95. The molecule has 0 unspecified atom stereocenters. The summed E-state index contributed by atoms with van der Waals surface area (Å²) in [6.07, 6.45) is 6.37. The molecular formula is C14H17NO. The third-order valence-corrected chi connectivity index (χ3v) is 3.68. The first-order valence-electron chi connectivity index (χ1n) is 6.10. The van der Waals surface area contributed by atoms with Crippen molar-refractivity contribution in [2.45, 2.75) is 37.8 Å². The molecule has 1 aliphatic carbocycles. The first kappa shape index (κ1) is 9.91. The van der Waals surface area contributed by atoms with E-state index in [1.165, 1.54) is 17.3 Å². The summed E-state index contributed by atoms with van der Waals surface area (Å²) in [5, 5.41) is 11.3. The number of benzene rings is 1. The zero-order valence-electron chi connectivity index (χ0n) is 9.34. The summed E-state index contributed by atoms with van der Waals surface area (Å²) >= 11 is 0. The Labute approximate surface area is 95.5 Å². The minimum absolute atomic E-state index is 0.176. The average molecular weight is 215 g/mol. The summed E-state index contributed by atoms with van der Waals surface area (Å²) in [5.41, 5.74) is 1.24. The van der Waals surface area contributed by atoms with Crippen LogP contribution in [0.2, 0.25) is 0 Å². The lowest BCUT2D eigenvalue weighted by molar-refractivity contribution is 0.0776. The Kier molecular flexibility index (Phi) is 2.44. The van der Waals surface area contributed by atoms with E-state index >= 15 is 0 Å². The van der Waals surface area contributed by atoms with Crippen LogP contribution in [0, 0.1) is 0 Å². The molecule has 3 rings (SSSR count). The second-order valence-electron chi connectivity index (χ2n) is 4.70. The lowest BCUT2D eigenvalue weighted by Crippen LogP contribution is -2.26. The second-order valence-corrected chi connectivity index (χ2v) is 4.70. The van der Waals surface area contributed by atoms with Crippen molar-refractivity contribution in [2.75, 3.05) is 0 Å².